The van der Waals surface area contributed by atoms with E-state index in [0.29, 0.717) is 5.11 Å². The summed E-state index contributed by atoms with van der Waals surface area (Å²) in [6.07, 6.45) is 1.80. The highest BCUT2D eigenvalue weighted by Crippen LogP contribution is 2.42. The van der Waals surface area contributed by atoms with Crippen LogP contribution < -0.4 is 10.2 Å². The van der Waals surface area contributed by atoms with Gasteiger partial charge in [0.05, 0.1) is 11.7 Å². The van der Waals surface area contributed by atoms with Gasteiger partial charge in [0.1, 0.15) is 17.6 Å². The smallest absolute Gasteiger partial charge is 0.174 e. The summed E-state index contributed by atoms with van der Waals surface area (Å²) in [6.45, 7) is 0. The molecule has 0 radical (unpaired) electrons. The van der Waals surface area contributed by atoms with Crippen LogP contribution in [-0.4, -0.2) is 10.1 Å². The number of halogens is 1. The van der Waals surface area contributed by atoms with Crippen molar-refractivity contribution in [2.75, 3.05) is 4.90 Å². The van der Waals surface area contributed by atoms with Crippen LogP contribution in [0.5, 0.6) is 0 Å². The van der Waals surface area contributed by atoms with E-state index in [1.165, 1.54) is 0 Å². The fraction of sp³-hybridized carbons (Fsp3) is 0.0833. The van der Waals surface area contributed by atoms with Gasteiger partial charge in [-0.15, -0.1) is 0 Å². The predicted molar refractivity (Wildman–Crippen MR) is 126 cm³/mol. The normalized spacial score (nSPS) is 18.4. The average Bonchev–Trinajstić information content (AvgIpc) is 3.40. The van der Waals surface area contributed by atoms with Gasteiger partial charge in [-0.3, -0.25) is 4.98 Å². The molecule has 0 amide bonds. The Morgan fingerprint density at radius 3 is 2.40 bits per heavy atom. The third-order valence-corrected chi connectivity index (χ3v) is 6.02. The zero-order valence-corrected chi connectivity index (χ0v) is 18.3. The molecule has 2 aromatic carbocycles. The van der Waals surface area contributed by atoms with Crippen LogP contribution in [0.4, 0.5) is 5.69 Å². The molecule has 2 atom stereocenters. The van der Waals surface area contributed by atoms with Crippen molar-refractivity contribution in [2.45, 2.75) is 12.1 Å². The number of nitrogens with one attached hydrogen (secondary N) is 1. The van der Waals surface area contributed by atoms with Crippen molar-refractivity contribution in [3.63, 3.8) is 0 Å². The molecule has 4 aromatic rings. The summed E-state index contributed by atoms with van der Waals surface area (Å²) in [7, 11) is 0. The number of nitrogens with zero attached hydrogens (tertiary/aromatic N) is 2. The van der Waals surface area contributed by atoms with Crippen LogP contribution in [0, 0.1) is 0 Å². The Balaban J connectivity index is 1.59. The Kier molecular flexibility index (Phi) is 5.11. The van der Waals surface area contributed by atoms with Crippen LogP contribution in [0.1, 0.15) is 23.5 Å². The highest BCUT2D eigenvalue weighted by atomic mass is 79.9. The average molecular weight is 476 g/mol. The number of aromatic nitrogens is 1. The van der Waals surface area contributed by atoms with Gasteiger partial charge in [0.25, 0.3) is 0 Å². The summed E-state index contributed by atoms with van der Waals surface area (Å²) in [6, 6.07) is 27.9. The standard InChI is InChI=1S/C24H18BrN3OS/c25-17-11-9-16(10-12-17)20-13-14-21(29-20)23-22(19-8-4-5-15-26-19)27-24(30)28(23)18-6-2-1-3-7-18/h1-15,22-23H,(H,27,30). The van der Waals surface area contributed by atoms with Crippen LogP contribution in [0.3, 0.4) is 0 Å². The molecule has 5 rings (SSSR count). The van der Waals surface area contributed by atoms with E-state index in [1.807, 2.05) is 72.8 Å². The topological polar surface area (TPSA) is 41.3 Å². The Bertz CT molecular complexity index is 1160. The van der Waals surface area contributed by atoms with E-state index in [0.717, 1.165) is 32.9 Å². The summed E-state index contributed by atoms with van der Waals surface area (Å²) in [4.78, 5) is 6.69. The zero-order chi connectivity index (χ0) is 20.5. The second-order valence-corrected chi connectivity index (χ2v) is 8.34. The molecular weight excluding hydrogens is 458 g/mol. The molecule has 3 heterocycles. The lowest BCUT2D eigenvalue weighted by atomic mass is 10.0. The van der Waals surface area contributed by atoms with Gasteiger partial charge in [-0.25, -0.2) is 0 Å². The molecule has 1 fully saturated rings. The maximum Gasteiger partial charge on any atom is 0.174 e. The molecule has 30 heavy (non-hydrogen) atoms. The number of benzene rings is 2. The van der Waals surface area contributed by atoms with Crippen molar-refractivity contribution < 1.29 is 4.42 Å². The van der Waals surface area contributed by atoms with E-state index in [-0.39, 0.29) is 12.1 Å². The fourth-order valence-electron chi connectivity index (χ4n) is 3.79. The van der Waals surface area contributed by atoms with Crippen LogP contribution in [0.15, 0.2) is 100 Å². The number of pyridine rings is 1. The maximum absolute atomic E-state index is 6.36. The Hall–Kier alpha value is -2.96. The van der Waals surface area contributed by atoms with E-state index in [9.17, 15) is 0 Å². The first kappa shape index (κ1) is 19.0. The summed E-state index contributed by atoms with van der Waals surface area (Å²) >= 11 is 9.22. The van der Waals surface area contributed by atoms with Crippen LogP contribution >= 0.6 is 28.1 Å². The summed E-state index contributed by atoms with van der Waals surface area (Å²) < 4.78 is 7.40. The number of rotatable bonds is 4. The minimum absolute atomic E-state index is 0.122. The van der Waals surface area contributed by atoms with Gasteiger partial charge in [-0.1, -0.05) is 52.3 Å². The fourth-order valence-corrected chi connectivity index (χ4v) is 4.40. The largest absolute Gasteiger partial charge is 0.459 e. The van der Waals surface area contributed by atoms with Crippen LogP contribution in [-0.2, 0) is 0 Å². The first-order valence-corrected chi connectivity index (χ1v) is 10.8. The van der Waals surface area contributed by atoms with Crippen LogP contribution in [0.25, 0.3) is 11.3 Å². The second kappa shape index (κ2) is 8.05. The Morgan fingerprint density at radius 1 is 0.900 bits per heavy atom. The van der Waals surface area contributed by atoms with Crippen molar-refractivity contribution in [1.82, 2.24) is 10.3 Å². The Morgan fingerprint density at radius 2 is 1.67 bits per heavy atom. The highest BCUT2D eigenvalue weighted by molar-refractivity contribution is 9.10. The molecule has 4 nitrogen and oxygen atoms in total. The van der Waals surface area contributed by atoms with Gasteiger partial charge in [0, 0.05) is 21.9 Å². The molecule has 2 unspecified atom stereocenters. The Labute approximate surface area is 188 Å². The number of para-hydroxylation sites is 1. The molecule has 6 heteroatoms. The monoisotopic (exact) mass is 475 g/mol. The quantitative estimate of drug-likeness (QED) is 0.351. The lowest BCUT2D eigenvalue weighted by Gasteiger charge is -2.26. The summed E-state index contributed by atoms with van der Waals surface area (Å²) in [5.74, 6) is 1.66. The number of anilines is 1. The van der Waals surface area contributed by atoms with Crippen molar-refractivity contribution >= 4 is 38.9 Å². The minimum atomic E-state index is -0.154. The van der Waals surface area contributed by atoms with Crippen molar-refractivity contribution in [1.29, 1.82) is 0 Å². The van der Waals surface area contributed by atoms with Gasteiger partial charge in [-0.2, -0.15) is 0 Å². The highest BCUT2D eigenvalue weighted by Gasteiger charge is 2.42. The lowest BCUT2D eigenvalue weighted by molar-refractivity contribution is 0.439. The van der Waals surface area contributed by atoms with Gasteiger partial charge < -0.3 is 14.6 Å². The van der Waals surface area contributed by atoms with E-state index in [2.05, 4.69) is 43.3 Å². The lowest BCUT2D eigenvalue weighted by Crippen LogP contribution is -2.29. The first-order valence-electron chi connectivity index (χ1n) is 9.62. The number of hydrogen-bond donors (Lipinski definition) is 1. The molecule has 2 aromatic heterocycles. The predicted octanol–water partition coefficient (Wildman–Crippen LogP) is 6.28. The zero-order valence-electron chi connectivity index (χ0n) is 15.9. The van der Waals surface area contributed by atoms with Crippen molar-refractivity contribution in [2.24, 2.45) is 0 Å². The summed E-state index contributed by atoms with van der Waals surface area (Å²) in [5, 5.41) is 4.11. The maximum atomic E-state index is 6.36. The SMILES string of the molecule is S=C1NC(c2ccccn2)C(c2ccc(-c3ccc(Br)cc3)o2)N1c1ccccc1. The van der Waals surface area contributed by atoms with E-state index >= 15 is 0 Å². The minimum Gasteiger partial charge on any atom is -0.459 e. The molecule has 0 saturated carbocycles. The molecule has 0 bridgehead atoms. The molecule has 0 aliphatic carbocycles. The van der Waals surface area contributed by atoms with Gasteiger partial charge >= 0.3 is 0 Å². The van der Waals surface area contributed by atoms with Gasteiger partial charge in [0.2, 0.25) is 0 Å². The molecule has 1 saturated heterocycles. The van der Waals surface area contributed by atoms with Crippen molar-refractivity contribution in [3.8, 4) is 11.3 Å². The second-order valence-electron chi connectivity index (χ2n) is 7.04. The first-order chi connectivity index (χ1) is 14.7. The van der Waals surface area contributed by atoms with Crippen molar-refractivity contribution in [3.05, 3.63) is 107 Å². The molecule has 0 spiro atoms. The third-order valence-electron chi connectivity index (χ3n) is 5.18. The number of hydrogen-bond acceptors (Lipinski definition) is 3. The summed E-state index contributed by atoms with van der Waals surface area (Å²) in [5.41, 5.74) is 2.96. The van der Waals surface area contributed by atoms with Gasteiger partial charge in [0.15, 0.2) is 5.11 Å². The molecule has 1 aliphatic heterocycles. The van der Waals surface area contributed by atoms with E-state index < -0.39 is 0 Å². The third kappa shape index (κ3) is 3.53. The number of furan rings is 1. The molecule has 148 valence electrons. The molecule has 1 N–H and O–H groups in total. The molecule has 1 aliphatic rings. The number of thiocarbonyl (C=S) groups is 1. The van der Waals surface area contributed by atoms with E-state index in [1.54, 1.807) is 6.20 Å². The van der Waals surface area contributed by atoms with Gasteiger partial charge in [-0.05, 0) is 60.7 Å². The van der Waals surface area contributed by atoms with E-state index in [4.69, 9.17) is 16.6 Å². The molecular formula is C24H18BrN3OS. The van der Waals surface area contributed by atoms with Crippen LogP contribution in [0.2, 0.25) is 0 Å².